The quantitative estimate of drug-likeness (QED) is 0.839. The fourth-order valence-electron chi connectivity index (χ4n) is 1.35. The number of benzene rings is 1. The molecule has 1 aromatic carbocycles. The highest BCUT2D eigenvalue weighted by molar-refractivity contribution is 9.10. The third kappa shape index (κ3) is 3.76. The second-order valence-corrected chi connectivity index (χ2v) is 4.35. The van der Waals surface area contributed by atoms with Gasteiger partial charge < -0.3 is 5.11 Å². The Morgan fingerprint density at radius 3 is 2.59 bits per heavy atom. The lowest BCUT2D eigenvalue weighted by atomic mass is 10.0. The summed E-state index contributed by atoms with van der Waals surface area (Å²) in [4.78, 5) is 0. The van der Waals surface area contributed by atoms with Gasteiger partial charge in [-0.3, -0.25) is 0 Å². The Bertz CT molecular complexity index is 434. The van der Waals surface area contributed by atoms with Crippen LogP contribution in [0.5, 0.6) is 0 Å². The van der Waals surface area contributed by atoms with Gasteiger partial charge in [0.1, 0.15) is 0 Å². The third-order valence-corrected chi connectivity index (χ3v) is 2.97. The lowest BCUT2D eigenvalue weighted by molar-refractivity contribution is -0.137. The van der Waals surface area contributed by atoms with E-state index in [9.17, 15) is 18.3 Å². The summed E-state index contributed by atoms with van der Waals surface area (Å²) >= 11 is 3.11. The highest BCUT2D eigenvalue weighted by Gasteiger charge is 2.31. The van der Waals surface area contributed by atoms with Crippen molar-refractivity contribution in [1.29, 1.82) is 0 Å². The lowest BCUT2D eigenvalue weighted by Gasteiger charge is -2.14. The molecule has 0 aliphatic rings. The van der Waals surface area contributed by atoms with E-state index in [4.69, 9.17) is 6.42 Å². The fraction of sp³-hybridized carbons (Fsp3) is 0.333. The number of hydrogen-bond donors (Lipinski definition) is 1. The molecule has 0 heterocycles. The minimum atomic E-state index is -4.42. The Morgan fingerprint density at radius 2 is 2.06 bits per heavy atom. The van der Waals surface area contributed by atoms with Crippen LogP contribution in [0.4, 0.5) is 13.2 Å². The number of rotatable bonds is 3. The smallest absolute Gasteiger partial charge is 0.388 e. The topological polar surface area (TPSA) is 20.2 Å². The first-order valence-corrected chi connectivity index (χ1v) is 5.63. The molecule has 1 rings (SSSR count). The molecule has 1 N–H and O–H groups in total. The van der Waals surface area contributed by atoms with Crippen molar-refractivity contribution in [2.45, 2.75) is 25.1 Å². The van der Waals surface area contributed by atoms with E-state index in [1.165, 1.54) is 6.07 Å². The summed E-state index contributed by atoms with van der Waals surface area (Å²) in [5.41, 5.74) is -0.578. The maximum atomic E-state index is 12.5. The molecule has 0 aliphatic carbocycles. The molecular weight excluding hydrogens is 297 g/mol. The number of halogens is 4. The Morgan fingerprint density at radius 1 is 1.41 bits per heavy atom. The van der Waals surface area contributed by atoms with E-state index in [2.05, 4.69) is 21.9 Å². The molecule has 0 bridgehead atoms. The van der Waals surface area contributed by atoms with Crippen molar-refractivity contribution in [1.82, 2.24) is 0 Å². The van der Waals surface area contributed by atoms with E-state index in [1.54, 1.807) is 0 Å². The van der Waals surface area contributed by atoms with Gasteiger partial charge in [-0.2, -0.15) is 13.2 Å². The molecule has 0 saturated carbocycles. The van der Waals surface area contributed by atoms with Crippen LogP contribution >= 0.6 is 15.9 Å². The molecule has 0 aliphatic heterocycles. The second kappa shape index (κ2) is 5.56. The monoisotopic (exact) mass is 306 g/mol. The molecule has 0 radical (unpaired) electrons. The van der Waals surface area contributed by atoms with E-state index >= 15 is 0 Å². The van der Waals surface area contributed by atoms with Gasteiger partial charge in [0, 0.05) is 10.9 Å². The van der Waals surface area contributed by atoms with Crippen LogP contribution in [-0.4, -0.2) is 5.11 Å². The molecule has 0 fully saturated rings. The van der Waals surface area contributed by atoms with Crippen molar-refractivity contribution in [3.8, 4) is 12.3 Å². The lowest BCUT2D eigenvalue weighted by Crippen LogP contribution is -2.07. The summed E-state index contributed by atoms with van der Waals surface area (Å²) in [5, 5.41) is 9.73. The molecule has 1 aromatic rings. The van der Waals surface area contributed by atoms with E-state index < -0.39 is 17.8 Å². The van der Waals surface area contributed by atoms with Gasteiger partial charge in [-0.1, -0.05) is 15.9 Å². The Hall–Kier alpha value is -0.990. The number of terminal acetylenes is 1. The number of hydrogen-bond acceptors (Lipinski definition) is 1. The summed E-state index contributed by atoms with van der Waals surface area (Å²) in [7, 11) is 0. The minimum absolute atomic E-state index is 0.204. The van der Waals surface area contributed by atoms with Gasteiger partial charge in [-0.25, -0.2) is 0 Å². The molecule has 1 nitrogen and oxygen atoms in total. The summed E-state index contributed by atoms with van der Waals surface area (Å²) in [6, 6.07) is 3.17. The van der Waals surface area contributed by atoms with E-state index in [0.717, 1.165) is 12.1 Å². The highest BCUT2D eigenvalue weighted by Crippen LogP contribution is 2.34. The van der Waals surface area contributed by atoms with E-state index in [1.807, 2.05) is 0 Å². The van der Waals surface area contributed by atoms with E-state index in [0.29, 0.717) is 10.9 Å². The average molecular weight is 307 g/mol. The molecule has 0 aromatic heterocycles. The van der Waals surface area contributed by atoms with Crippen molar-refractivity contribution in [2.24, 2.45) is 0 Å². The zero-order valence-corrected chi connectivity index (χ0v) is 10.3. The summed E-state index contributed by atoms with van der Waals surface area (Å²) in [5.74, 6) is 2.34. The van der Waals surface area contributed by atoms with Gasteiger partial charge >= 0.3 is 6.18 Å². The van der Waals surface area contributed by atoms with Gasteiger partial charge in [0.2, 0.25) is 0 Å². The largest absolute Gasteiger partial charge is 0.416 e. The van der Waals surface area contributed by atoms with Crippen LogP contribution in [0.3, 0.4) is 0 Å². The first kappa shape index (κ1) is 14.1. The van der Waals surface area contributed by atoms with Crippen molar-refractivity contribution >= 4 is 15.9 Å². The van der Waals surface area contributed by atoms with Crippen molar-refractivity contribution in [3.05, 3.63) is 33.8 Å². The number of aliphatic hydroxyl groups is 1. The van der Waals surface area contributed by atoms with Crippen LogP contribution in [-0.2, 0) is 6.18 Å². The predicted octanol–water partition coefficient (Wildman–Crippen LogP) is 3.91. The number of aliphatic hydroxyl groups excluding tert-OH is 1. The van der Waals surface area contributed by atoms with Crippen LogP contribution in [0.15, 0.2) is 22.7 Å². The van der Waals surface area contributed by atoms with Crippen LogP contribution in [0, 0.1) is 12.3 Å². The van der Waals surface area contributed by atoms with Crippen LogP contribution in [0.25, 0.3) is 0 Å². The molecule has 0 spiro atoms. The van der Waals surface area contributed by atoms with Gasteiger partial charge in [0.05, 0.1) is 11.7 Å². The standard InChI is InChI=1S/C12H10BrF3O/c1-2-3-4-11(17)9-7-8(12(14,15)16)5-6-10(9)13/h1,5-7,11,17H,3-4H2. The van der Waals surface area contributed by atoms with Crippen molar-refractivity contribution in [2.75, 3.05) is 0 Å². The molecule has 0 amide bonds. The van der Waals surface area contributed by atoms with E-state index in [-0.39, 0.29) is 12.0 Å². The Kier molecular flexibility index (Phi) is 4.61. The second-order valence-electron chi connectivity index (χ2n) is 3.49. The first-order valence-electron chi connectivity index (χ1n) is 4.84. The molecule has 1 unspecified atom stereocenters. The van der Waals surface area contributed by atoms with Gasteiger partial charge in [0.25, 0.3) is 0 Å². The van der Waals surface area contributed by atoms with Crippen LogP contribution in [0.2, 0.25) is 0 Å². The highest BCUT2D eigenvalue weighted by atomic mass is 79.9. The van der Waals surface area contributed by atoms with Crippen LogP contribution in [0.1, 0.15) is 30.1 Å². The molecule has 17 heavy (non-hydrogen) atoms. The Labute approximate surface area is 106 Å². The predicted molar refractivity (Wildman–Crippen MR) is 62.2 cm³/mol. The fourth-order valence-corrected chi connectivity index (χ4v) is 1.86. The van der Waals surface area contributed by atoms with Crippen molar-refractivity contribution in [3.63, 3.8) is 0 Å². The Balaban J connectivity index is 3.03. The molecular formula is C12H10BrF3O. The van der Waals surface area contributed by atoms with Gasteiger partial charge in [0.15, 0.2) is 0 Å². The zero-order chi connectivity index (χ0) is 13.1. The molecule has 5 heteroatoms. The molecule has 1 atom stereocenters. The molecule has 0 saturated heterocycles. The minimum Gasteiger partial charge on any atom is -0.388 e. The molecule has 92 valence electrons. The first-order chi connectivity index (χ1) is 7.86. The maximum absolute atomic E-state index is 12.5. The number of alkyl halides is 3. The summed E-state index contributed by atoms with van der Waals surface area (Å²) < 4.78 is 37.9. The van der Waals surface area contributed by atoms with Crippen molar-refractivity contribution < 1.29 is 18.3 Å². The van der Waals surface area contributed by atoms with Gasteiger partial charge in [-0.15, -0.1) is 12.3 Å². The SMILES string of the molecule is C#CCCC(O)c1cc(C(F)(F)F)ccc1Br. The summed E-state index contributed by atoms with van der Waals surface area (Å²) in [6.07, 6.45) is 0.168. The maximum Gasteiger partial charge on any atom is 0.416 e. The average Bonchev–Trinajstić information content (AvgIpc) is 2.24. The zero-order valence-electron chi connectivity index (χ0n) is 8.76. The van der Waals surface area contributed by atoms with Gasteiger partial charge in [-0.05, 0) is 30.2 Å². The van der Waals surface area contributed by atoms with Crippen LogP contribution < -0.4 is 0 Å². The normalized spacial score (nSPS) is 13.2. The summed E-state index contributed by atoms with van der Waals surface area (Å²) in [6.45, 7) is 0. The third-order valence-electron chi connectivity index (χ3n) is 2.24.